The number of halogens is 1. The number of urea groups is 1. The van der Waals surface area contributed by atoms with Crippen molar-refractivity contribution in [1.29, 1.82) is 0 Å². The molecule has 1 atom stereocenters. The van der Waals surface area contributed by atoms with E-state index in [0.29, 0.717) is 26.2 Å². The van der Waals surface area contributed by atoms with Crippen LogP contribution in [0, 0.1) is 0 Å². The van der Waals surface area contributed by atoms with E-state index in [9.17, 15) is 4.79 Å². The Balaban J connectivity index is 2.03. The Bertz CT molecular complexity index is 465. The summed E-state index contributed by atoms with van der Waals surface area (Å²) in [6, 6.07) is 7.86. The first kappa shape index (κ1) is 14.1. The second kappa shape index (κ2) is 6.73. The number of nitrogens with zero attached hydrogens (tertiary/aromatic N) is 1. The lowest BCUT2D eigenvalue weighted by Crippen LogP contribution is -2.47. The molecule has 2 rings (SSSR count). The first-order chi connectivity index (χ1) is 9.22. The maximum Gasteiger partial charge on any atom is 0.317 e. The molecule has 0 saturated carbocycles. The van der Waals surface area contributed by atoms with Gasteiger partial charge in [-0.1, -0.05) is 40.2 Å². The maximum atomic E-state index is 11.9. The van der Waals surface area contributed by atoms with Gasteiger partial charge in [-0.25, -0.2) is 4.79 Å². The van der Waals surface area contributed by atoms with Gasteiger partial charge in [-0.2, -0.15) is 0 Å². The molecule has 5 heteroatoms. The molecule has 102 valence electrons. The summed E-state index contributed by atoms with van der Waals surface area (Å²) in [6.07, 6.45) is 1.59. The highest BCUT2D eigenvalue weighted by Crippen LogP contribution is 2.28. The van der Waals surface area contributed by atoms with Crippen molar-refractivity contribution in [1.82, 2.24) is 10.2 Å². The summed E-state index contributed by atoms with van der Waals surface area (Å²) in [5.74, 6) is 0. The SMILES string of the molecule is C=CCNC(=O)N1CCO[C@@H](c2ccccc2Br)C1. The number of morpholine rings is 1. The molecule has 1 fully saturated rings. The summed E-state index contributed by atoms with van der Waals surface area (Å²) in [4.78, 5) is 13.7. The Hall–Kier alpha value is -1.33. The molecule has 0 spiro atoms. The van der Waals surface area contributed by atoms with Crippen LogP contribution in [0.5, 0.6) is 0 Å². The number of nitrogens with one attached hydrogen (secondary N) is 1. The fourth-order valence-electron chi connectivity index (χ4n) is 2.03. The lowest BCUT2D eigenvalue weighted by molar-refractivity contribution is -0.0156. The van der Waals surface area contributed by atoms with Crippen molar-refractivity contribution in [3.63, 3.8) is 0 Å². The number of hydrogen-bond donors (Lipinski definition) is 1. The quantitative estimate of drug-likeness (QED) is 0.868. The highest BCUT2D eigenvalue weighted by atomic mass is 79.9. The van der Waals surface area contributed by atoms with Crippen LogP contribution < -0.4 is 5.32 Å². The fourth-order valence-corrected chi connectivity index (χ4v) is 2.57. The first-order valence-corrected chi connectivity index (χ1v) is 7.01. The number of benzene rings is 1. The number of carbonyl (C=O) groups is 1. The summed E-state index contributed by atoms with van der Waals surface area (Å²) in [5.41, 5.74) is 1.07. The zero-order chi connectivity index (χ0) is 13.7. The molecule has 0 radical (unpaired) electrons. The third-order valence-electron chi connectivity index (χ3n) is 3.00. The van der Waals surface area contributed by atoms with Gasteiger partial charge in [0.05, 0.1) is 13.2 Å². The zero-order valence-corrected chi connectivity index (χ0v) is 12.2. The van der Waals surface area contributed by atoms with Gasteiger partial charge >= 0.3 is 6.03 Å². The molecular weight excluding hydrogens is 308 g/mol. The van der Waals surface area contributed by atoms with Crippen molar-refractivity contribution < 1.29 is 9.53 Å². The summed E-state index contributed by atoms with van der Waals surface area (Å²) in [6.45, 7) is 5.80. The third-order valence-corrected chi connectivity index (χ3v) is 3.73. The molecule has 19 heavy (non-hydrogen) atoms. The predicted molar refractivity (Wildman–Crippen MR) is 78.0 cm³/mol. The average Bonchev–Trinajstić information content (AvgIpc) is 2.45. The molecule has 0 unspecified atom stereocenters. The third kappa shape index (κ3) is 3.58. The van der Waals surface area contributed by atoms with Crippen molar-refractivity contribution in [2.75, 3.05) is 26.2 Å². The minimum absolute atomic E-state index is 0.0692. The van der Waals surface area contributed by atoms with E-state index in [2.05, 4.69) is 27.8 Å². The Morgan fingerprint density at radius 3 is 3.11 bits per heavy atom. The van der Waals surface area contributed by atoms with Crippen molar-refractivity contribution in [2.45, 2.75) is 6.10 Å². The molecule has 1 aromatic rings. The van der Waals surface area contributed by atoms with Crippen molar-refractivity contribution in [3.05, 3.63) is 47.0 Å². The average molecular weight is 325 g/mol. The minimum Gasteiger partial charge on any atom is -0.370 e. The van der Waals surface area contributed by atoms with Crippen molar-refractivity contribution in [3.8, 4) is 0 Å². The van der Waals surface area contributed by atoms with E-state index >= 15 is 0 Å². The lowest BCUT2D eigenvalue weighted by Gasteiger charge is -2.33. The smallest absolute Gasteiger partial charge is 0.317 e. The Kier molecular flexibility index (Phi) is 4.99. The number of carbonyl (C=O) groups excluding carboxylic acids is 1. The zero-order valence-electron chi connectivity index (χ0n) is 10.6. The summed E-state index contributed by atoms with van der Waals surface area (Å²) >= 11 is 3.52. The normalized spacial score (nSPS) is 19.0. The Morgan fingerprint density at radius 1 is 1.58 bits per heavy atom. The molecule has 1 heterocycles. The summed E-state index contributed by atoms with van der Waals surface area (Å²) in [7, 11) is 0. The van der Waals surface area contributed by atoms with Crippen LogP contribution in [0.4, 0.5) is 4.79 Å². The topological polar surface area (TPSA) is 41.6 Å². The second-order valence-electron chi connectivity index (χ2n) is 4.30. The predicted octanol–water partition coefficient (Wildman–Crippen LogP) is 2.72. The molecule has 1 aromatic carbocycles. The van der Waals surface area contributed by atoms with Crippen LogP contribution in [0.25, 0.3) is 0 Å². The molecule has 1 saturated heterocycles. The summed E-state index contributed by atoms with van der Waals surface area (Å²) in [5, 5.41) is 2.79. The van der Waals surface area contributed by atoms with E-state index < -0.39 is 0 Å². The van der Waals surface area contributed by atoms with Gasteiger partial charge in [0.1, 0.15) is 6.10 Å². The van der Waals surface area contributed by atoms with Gasteiger partial charge in [0.15, 0.2) is 0 Å². The molecular formula is C14H17BrN2O2. The monoisotopic (exact) mass is 324 g/mol. The highest BCUT2D eigenvalue weighted by Gasteiger charge is 2.26. The molecule has 1 N–H and O–H groups in total. The van der Waals surface area contributed by atoms with Gasteiger partial charge in [0, 0.05) is 17.6 Å². The lowest BCUT2D eigenvalue weighted by atomic mass is 10.1. The number of amides is 2. The van der Waals surface area contributed by atoms with Crippen LogP contribution in [0.1, 0.15) is 11.7 Å². The van der Waals surface area contributed by atoms with E-state index in [4.69, 9.17) is 4.74 Å². The van der Waals surface area contributed by atoms with E-state index in [1.807, 2.05) is 24.3 Å². The van der Waals surface area contributed by atoms with Crippen molar-refractivity contribution >= 4 is 22.0 Å². The number of rotatable bonds is 3. The fraction of sp³-hybridized carbons (Fsp3) is 0.357. The van der Waals surface area contributed by atoms with Gasteiger partial charge in [0.2, 0.25) is 0 Å². The number of ether oxygens (including phenoxy) is 1. The van der Waals surface area contributed by atoms with Gasteiger partial charge in [-0.3, -0.25) is 0 Å². The van der Waals surface area contributed by atoms with Gasteiger partial charge < -0.3 is 15.0 Å². The van der Waals surface area contributed by atoms with Crippen LogP contribution in [0.3, 0.4) is 0 Å². The molecule has 0 bridgehead atoms. The summed E-state index contributed by atoms with van der Waals surface area (Å²) < 4.78 is 6.77. The van der Waals surface area contributed by atoms with Crippen LogP contribution in [0.15, 0.2) is 41.4 Å². The van der Waals surface area contributed by atoms with E-state index in [-0.39, 0.29) is 12.1 Å². The minimum atomic E-state index is -0.0844. The van der Waals surface area contributed by atoms with E-state index in [1.54, 1.807) is 11.0 Å². The molecule has 4 nitrogen and oxygen atoms in total. The highest BCUT2D eigenvalue weighted by molar-refractivity contribution is 9.10. The van der Waals surface area contributed by atoms with E-state index in [0.717, 1.165) is 10.0 Å². The van der Waals surface area contributed by atoms with Gasteiger partial charge in [-0.15, -0.1) is 6.58 Å². The van der Waals surface area contributed by atoms with Gasteiger partial charge in [0.25, 0.3) is 0 Å². The van der Waals surface area contributed by atoms with Crippen LogP contribution in [-0.4, -0.2) is 37.2 Å². The largest absolute Gasteiger partial charge is 0.370 e. The molecule has 1 aliphatic heterocycles. The second-order valence-corrected chi connectivity index (χ2v) is 5.16. The Labute approximate surface area is 121 Å². The van der Waals surface area contributed by atoms with E-state index in [1.165, 1.54) is 0 Å². The number of hydrogen-bond acceptors (Lipinski definition) is 2. The van der Waals surface area contributed by atoms with Crippen molar-refractivity contribution in [2.24, 2.45) is 0 Å². The first-order valence-electron chi connectivity index (χ1n) is 6.22. The van der Waals surface area contributed by atoms with Crippen LogP contribution in [-0.2, 0) is 4.74 Å². The molecule has 0 aromatic heterocycles. The van der Waals surface area contributed by atoms with Crippen LogP contribution >= 0.6 is 15.9 Å². The standard InChI is InChI=1S/C14H17BrN2O2/c1-2-7-16-14(18)17-8-9-19-13(10-17)11-5-3-4-6-12(11)15/h2-6,13H,1,7-10H2,(H,16,18)/t13-/m1/s1. The molecule has 1 aliphatic rings. The maximum absolute atomic E-state index is 11.9. The van der Waals surface area contributed by atoms with Crippen LogP contribution in [0.2, 0.25) is 0 Å². The molecule has 0 aliphatic carbocycles. The Morgan fingerprint density at radius 2 is 2.37 bits per heavy atom. The molecule has 2 amide bonds. The van der Waals surface area contributed by atoms with Gasteiger partial charge in [-0.05, 0) is 11.6 Å².